The van der Waals surface area contributed by atoms with Gasteiger partial charge in [0, 0.05) is 5.56 Å². The molecule has 0 aliphatic heterocycles. The van der Waals surface area contributed by atoms with E-state index in [2.05, 4.69) is 15.3 Å². The maximum absolute atomic E-state index is 10.1. The number of hydrogen-bond acceptors (Lipinski definition) is 4. The molecule has 1 aromatic heterocycles. The third-order valence-corrected chi connectivity index (χ3v) is 3.53. The van der Waals surface area contributed by atoms with E-state index in [0.717, 1.165) is 12.0 Å². The molecule has 4 nitrogen and oxygen atoms in total. The molecule has 0 aliphatic carbocycles. The standard InChI is InChI=1S/C12H20ClN3O/c1-6-8-9(13)14-7-15-10(8)16-11(2,3)12(4,5)17/h7,17H,6H2,1-5H3,(H,14,15,16). The van der Waals surface area contributed by atoms with Crippen LogP contribution in [0, 0.1) is 0 Å². The Morgan fingerprint density at radius 1 is 1.29 bits per heavy atom. The van der Waals surface area contributed by atoms with Gasteiger partial charge < -0.3 is 10.4 Å². The van der Waals surface area contributed by atoms with Crippen LogP contribution in [0.1, 0.15) is 40.2 Å². The van der Waals surface area contributed by atoms with Gasteiger partial charge in [-0.3, -0.25) is 0 Å². The third-order valence-electron chi connectivity index (χ3n) is 3.21. The van der Waals surface area contributed by atoms with Crippen LogP contribution < -0.4 is 5.32 Å². The number of aromatic nitrogens is 2. The van der Waals surface area contributed by atoms with E-state index in [4.69, 9.17) is 11.6 Å². The Hall–Kier alpha value is -0.870. The molecular formula is C12H20ClN3O. The summed E-state index contributed by atoms with van der Waals surface area (Å²) in [5, 5.41) is 13.8. The summed E-state index contributed by atoms with van der Waals surface area (Å²) >= 11 is 6.02. The molecule has 0 saturated heterocycles. The number of anilines is 1. The molecule has 1 rings (SSSR count). The number of halogens is 1. The fourth-order valence-corrected chi connectivity index (χ4v) is 1.53. The highest BCUT2D eigenvalue weighted by Gasteiger charge is 2.35. The van der Waals surface area contributed by atoms with E-state index in [0.29, 0.717) is 11.0 Å². The fourth-order valence-electron chi connectivity index (χ4n) is 1.26. The highest BCUT2D eigenvalue weighted by molar-refractivity contribution is 6.30. The van der Waals surface area contributed by atoms with Gasteiger partial charge in [0.15, 0.2) is 0 Å². The van der Waals surface area contributed by atoms with E-state index >= 15 is 0 Å². The van der Waals surface area contributed by atoms with Crippen LogP contribution in [-0.2, 0) is 6.42 Å². The maximum atomic E-state index is 10.1. The van der Waals surface area contributed by atoms with Crippen molar-refractivity contribution in [3.63, 3.8) is 0 Å². The van der Waals surface area contributed by atoms with Gasteiger partial charge >= 0.3 is 0 Å². The zero-order chi connectivity index (χ0) is 13.3. The van der Waals surface area contributed by atoms with Crippen LogP contribution in [0.15, 0.2) is 6.33 Å². The molecule has 0 unspecified atom stereocenters. The average molecular weight is 258 g/mol. The first kappa shape index (κ1) is 14.2. The summed E-state index contributed by atoms with van der Waals surface area (Å²) in [6.45, 7) is 9.35. The van der Waals surface area contributed by atoms with Crippen molar-refractivity contribution in [2.45, 2.75) is 52.2 Å². The quantitative estimate of drug-likeness (QED) is 0.815. The minimum Gasteiger partial charge on any atom is -0.388 e. The molecule has 0 atom stereocenters. The van der Waals surface area contributed by atoms with Gasteiger partial charge in [0.05, 0.1) is 11.1 Å². The summed E-state index contributed by atoms with van der Waals surface area (Å²) in [4.78, 5) is 8.15. The lowest BCUT2D eigenvalue weighted by Gasteiger charge is -2.38. The zero-order valence-electron chi connectivity index (χ0n) is 11.0. The van der Waals surface area contributed by atoms with Gasteiger partial charge in [-0.25, -0.2) is 9.97 Å². The van der Waals surface area contributed by atoms with Gasteiger partial charge in [-0.05, 0) is 34.1 Å². The van der Waals surface area contributed by atoms with Crippen molar-refractivity contribution in [2.24, 2.45) is 0 Å². The highest BCUT2D eigenvalue weighted by Crippen LogP contribution is 2.28. The molecular weight excluding hydrogens is 238 g/mol. The SMILES string of the molecule is CCc1c(Cl)ncnc1NC(C)(C)C(C)(C)O. The van der Waals surface area contributed by atoms with Crippen molar-refractivity contribution in [3.8, 4) is 0 Å². The average Bonchev–Trinajstić information content (AvgIpc) is 2.15. The Morgan fingerprint density at radius 3 is 2.35 bits per heavy atom. The van der Waals surface area contributed by atoms with Crippen LogP contribution in [-0.4, -0.2) is 26.2 Å². The second kappa shape index (κ2) is 4.78. The van der Waals surface area contributed by atoms with Crippen molar-refractivity contribution in [1.82, 2.24) is 9.97 Å². The molecule has 2 N–H and O–H groups in total. The van der Waals surface area contributed by atoms with Crippen molar-refractivity contribution in [2.75, 3.05) is 5.32 Å². The van der Waals surface area contributed by atoms with Crippen LogP contribution in [0.4, 0.5) is 5.82 Å². The number of aliphatic hydroxyl groups is 1. The number of nitrogens with zero attached hydrogens (tertiary/aromatic N) is 2. The Morgan fingerprint density at radius 2 is 1.88 bits per heavy atom. The number of nitrogens with one attached hydrogen (secondary N) is 1. The molecule has 1 heterocycles. The minimum atomic E-state index is -0.880. The van der Waals surface area contributed by atoms with Crippen LogP contribution >= 0.6 is 11.6 Å². The summed E-state index contributed by atoms with van der Waals surface area (Å²) in [5.74, 6) is 0.680. The summed E-state index contributed by atoms with van der Waals surface area (Å²) < 4.78 is 0. The lowest BCUT2D eigenvalue weighted by molar-refractivity contribution is 0.0238. The van der Waals surface area contributed by atoms with Gasteiger partial charge in [0.25, 0.3) is 0 Å². The van der Waals surface area contributed by atoms with Gasteiger partial charge in [0.2, 0.25) is 0 Å². The Bertz CT molecular complexity index is 399. The van der Waals surface area contributed by atoms with Crippen molar-refractivity contribution in [1.29, 1.82) is 0 Å². The normalized spacial score (nSPS) is 12.6. The minimum absolute atomic E-state index is 0.455. The van der Waals surface area contributed by atoms with Crippen molar-refractivity contribution in [3.05, 3.63) is 17.0 Å². The Kier molecular flexibility index (Phi) is 3.99. The number of hydrogen-bond donors (Lipinski definition) is 2. The molecule has 0 aromatic carbocycles. The molecule has 17 heavy (non-hydrogen) atoms. The van der Waals surface area contributed by atoms with Gasteiger partial charge in [-0.2, -0.15) is 0 Å². The smallest absolute Gasteiger partial charge is 0.137 e. The van der Waals surface area contributed by atoms with E-state index < -0.39 is 11.1 Å². The van der Waals surface area contributed by atoms with E-state index in [9.17, 15) is 5.11 Å². The van der Waals surface area contributed by atoms with Crippen molar-refractivity contribution >= 4 is 17.4 Å². The monoisotopic (exact) mass is 257 g/mol. The molecule has 0 bridgehead atoms. The number of rotatable bonds is 4. The molecule has 5 heteroatoms. The first-order valence-electron chi connectivity index (χ1n) is 5.69. The van der Waals surface area contributed by atoms with E-state index in [-0.39, 0.29) is 0 Å². The van der Waals surface area contributed by atoms with Crippen LogP contribution in [0.3, 0.4) is 0 Å². The van der Waals surface area contributed by atoms with Crippen LogP contribution in [0.2, 0.25) is 5.15 Å². The second-order valence-corrected chi connectivity index (χ2v) is 5.51. The first-order chi connectivity index (χ1) is 7.69. The predicted octanol–water partition coefficient (Wildman–Crippen LogP) is 2.65. The van der Waals surface area contributed by atoms with Gasteiger partial charge in [0.1, 0.15) is 17.3 Å². The second-order valence-electron chi connectivity index (χ2n) is 5.15. The highest BCUT2D eigenvalue weighted by atomic mass is 35.5. The molecule has 0 saturated carbocycles. The third kappa shape index (κ3) is 3.07. The zero-order valence-corrected chi connectivity index (χ0v) is 11.8. The summed E-state index contributed by atoms with van der Waals surface area (Å²) in [6, 6.07) is 0. The lowest BCUT2D eigenvalue weighted by atomic mass is 9.86. The largest absolute Gasteiger partial charge is 0.388 e. The summed E-state index contributed by atoms with van der Waals surface area (Å²) in [6.07, 6.45) is 2.16. The Balaban J connectivity index is 3.08. The molecule has 1 aromatic rings. The molecule has 0 amide bonds. The Labute approximate surface area is 107 Å². The lowest BCUT2D eigenvalue weighted by Crippen LogP contribution is -2.51. The summed E-state index contributed by atoms with van der Waals surface area (Å²) in [7, 11) is 0. The fraction of sp³-hybridized carbons (Fsp3) is 0.667. The van der Waals surface area contributed by atoms with Crippen molar-refractivity contribution < 1.29 is 5.11 Å². The molecule has 0 aliphatic rings. The van der Waals surface area contributed by atoms with E-state index in [1.807, 2.05) is 20.8 Å². The molecule has 0 spiro atoms. The molecule has 0 fully saturated rings. The predicted molar refractivity (Wildman–Crippen MR) is 70.4 cm³/mol. The first-order valence-corrected chi connectivity index (χ1v) is 6.06. The van der Waals surface area contributed by atoms with Crippen LogP contribution in [0.5, 0.6) is 0 Å². The summed E-state index contributed by atoms with van der Waals surface area (Å²) in [5.41, 5.74) is -0.532. The van der Waals surface area contributed by atoms with Gasteiger partial charge in [-0.15, -0.1) is 0 Å². The van der Waals surface area contributed by atoms with E-state index in [1.165, 1.54) is 6.33 Å². The molecule has 96 valence electrons. The maximum Gasteiger partial charge on any atom is 0.137 e. The topological polar surface area (TPSA) is 58.0 Å². The van der Waals surface area contributed by atoms with Crippen LogP contribution in [0.25, 0.3) is 0 Å². The molecule has 0 radical (unpaired) electrons. The van der Waals surface area contributed by atoms with E-state index in [1.54, 1.807) is 13.8 Å². The van der Waals surface area contributed by atoms with Gasteiger partial charge in [-0.1, -0.05) is 18.5 Å².